The second-order valence-corrected chi connectivity index (χ2v) is 6.67. The monoisotopic (exact) mass is 342 g/mol. The number of anilines is 1. The van der Waals surface area contributed by atoms with E-state index in [1.807, 2.05) is 29.8 Å². The van der Waals surface area contributed by atoms with Crippen LogP contribution in [0.1, 0.15) is 28.4 Å². The van der Waals surface area contributed by atoms with Gasteiger partial charge in [0.05, 0.1) is 5.52 Å². The Morgan fingerprint density at radius 1 is 1.12 bits per heavy atom. The summed E-state index contributed by atoms with van der Waals surface area (Å²) >= 11 is 0. The predicted molar refractivity (Wildman–Crippen MR) is 103 cm³/mol. The molecule has 3 aromatic carbocycles. The number of nitrogens with zero attached hydrogens (tertiary/aromatic N) is 3. The van der Waals surface area contributed by atoms with Gasteiger partial charge in [-0.25, -0.2) is 4.68 Å². The molecule has 0 saturated heterocycles. The first-order valence-electron chi connectivity index (χ1n) is 8.92. The Balaban J connectivity index is 1.52. The molecule has 1 aliphatic carbocycles. The van der Waals surface area contributed by atoms with Crippen molar-refractivity contribution in [2.75, 3.05) is 5.32 Å². The molecule has 1 aromatic heterocycles. The first-order valence-corrected chi connectivity index (χ1v) is 8.92. The van der Waals surface area contributed by atoms with Crippen LogP contribution in [0.5, 0.6) is 0 Å². The van der Waals surface area contributed by atoms with Crippen LogP contribution >= 0.6 is 0 Å². The molecule has 0 radical (unpaired) electrons. The van der Waals surface area contributed by atoms with Gasteiger partial charge in [0, 0.05) is 23.2 Å². The summed E-state index contributed by atoms with van der Waals surface area (Å²) in [6.07, 6.45) is 2.15. The van der Waals surface area contributed by atoms with Crippen molar-refractivity contribution in [1.29, 1.82) is 0 Å². The van der Waals surface area contributed by atoms with Crippen molar-refractivity contribution in [3.8, 4) is 0 Å². The topological polar surface area (TPSA) is 59.8 Å². The number of aromatic nitrogens is 3. The molecule has 0 spiro atoms. The number of hydrogen-bond acceptors (Lipinski definition) is 3. The number of nitrogens with one attached hydrogen (secondary N) is 1. The van der Waals surface area contributed by atoms with E-state index in [1.54, 1.807) is 6.07 Å². The molecule has 0 atom stereocenters. The van der Waals surface area contributed by atoms with Crippen LogP contribution in [0.2, 0.25) is 0 Å². The van der Waals surface area contributed by atoms with Crippen molar-refractivity contribution in [2.45, 2.75) is 26.3 Å². The number of benzene rings is 3. The van der Waals surface area contributed by atoms with Crippen molar-refractivity contribution in [1.82, 2.24) is 15.0 Å². The maximum atomic E-state index is 12.8. The van der Waals surface area contributed by atoms with E-state index in [9.17, 15) is 4.79 Å². The lowest BCUT2D eigenvalue weighted by molar-refractivity contribution is 0.102. The van der Waals surface area contributed by atoms with E-state index in [-0.39, 0.29) is 5.91 Å². The van der Waals surface area contributed by atoms with E-state index in [1.165, 1.54) is 16.5 Å². The molecule has 5 heteroatoms. The lowest BCUT2D eigenvalue weighted by Crippen LogP contribution is -2.12. The molecule has 0 fully saturated rings. The molecule has 0 bridgehead atoms. The SMILES string of the molecule is CCn1nnc2cc(C(=O)Nc3ccc4c5c(cccc35)CC4)ccc21. The van der Waals surface area contributed by atoms with Gasteiger partial charge in [0.2, 0.25) is 0 Å². The summed E-state index contributed by atoms with van der Waals surface area (Å²) < 4.78 is 1.82. The Morgan fingerprint density at radius 3 is 2.81 bits per heavy atom. The van der Waals surface area contributed by atoms with Crippen molar-refractivity contribution in [3.05, 3.63) is 65.2 Å². The molecule has 0 saturated carbocycles. The van der Waals surface area contributed by atoms with Crippen LogP contribution < -0.4 is 5.32 Å². The Hall–Kier alpha value is -3.21. The van der Waals surface area contributed by atoms with Gasteiger partial charge in [-0.2, -0.15) is 0 Å². The third-order valence-electron chi connectivity index (χ3n) is 5.20. The van der Waals surface area contributed by atoms with Crippen LogP contribution in [-0.2, 0) is 19.4 Å². The van der Waals surface area contributed by atoms with Crippen LogP contribution in [0.25, 0.3) is 21.8 Å². The highest BCUT2D eigenvalue weighted by atomic mass is 16.1. The molecule has 1 N–H and O–H groups in total. The molecular weight excluding hydrogens is 324 g/mol. The van der Waals surface area contributed by atoms with Gasteiger partial charge >= 0.3 is 0 Å². The van der Waals surface area contributed by atoms with Crippen LogP contribution in [0.15, 0.2) is 48.5 Å². The Morgan fingerprint density at radius 2 is 1.96 bits per heavy atom. The molecule has 0 unspecified atom stereocenters. The number of fused-ring (bicyclic) bond motifs is 1. The Kier molecular flexibility index (Phi) is 3.28. The lowest BCUT2D eigenvalue weighted by Gasteiger charge is -2.11. The average Bonchev–Trinajstić information content (AvgIpc) is 3.28. The molecule has 5 nitrogen and oxygen atoms in total. The summed E-state index contributed by atoms with van der Waals surface area (Å²) in [6, 6.07) is 16.0. The van der Waals surface area contributed by atoms with Gasteiger partial charge in [0.15, 0.2) is 0 Å². The highest BCUT2D eigenvalue weighted by Crippen LogP contribution is 2.35. The zero-order valence-corrected chi connectivity index (χ0v) is 14.5. The van der Waals surface area contributed by atoms with Gasteiger partial charge < -0.3 is 5.32 Å². The molecule has 128 valence electrons. The summed E-state index contributed by atoms with van der Waals surface area (Å²) in [6.45, 7) is 2.77. The van der Waals surface area contributed by atoms with Crippen LogP contribution in [0.4, 0.5) is 5.69 Å². The van der Waals surface area contributed by atoms with Crippen LogP contribution in [-0.4, -0.2) is 20.9 Å². The number of hydrogen-bond donors (Lipinski definition) is 1. The quantitative estimate of drug-likeness (QED) is 0.613. The van der Waals surface area contributed by atoms with Crippen molar-refractivity contribution in [2.24, 2.45) is 0 Å². The van der Waals surface area contributed by atoms with Crippen LogP contribution in [0, 0.1) is 0 Å². The fourth-order valence-corrected chi connectivity index (χ4v) is 3.90. The smallest absolute Gasteiger partial charge is 0.255 e. The summed E-state index contributed by atoms with van der Waals surface area (Å²) in [4.78, 5) is 12.8. The number of amides is 1. The highest BCUT2D eigenvalue weighted by molar-refractivity contribution is 6.11. The number of carbonyl (C=O) groups excluding carboxylic acids is 1. The second-order valence-electron chi connectivity index (χ2n) is 6.67. The maximum Gasteiger partial charge on any atom is 0.255 e. The second kappa shape index (κ2) is 5.66. The van der Waals surface area contributed by atoms with Crippen molar-refractivity contribution in [3.63, 3.8) is 0 Å². The number of rotatable bonds is 3. The maximum absolute atomic E-state index is 12.8. The normalized spacial score (nSPS) is 12.8. The van der Waals surface area contributed by atoms with Gasteiger partial charge in [-0.05, 0) is 60.5 Å². The third kappa shape index (κ3) is 2.20. The van der Waals surface area contributed by atoms with Crippen molar-refractivity contribution < 1.29 is 4.79 Å². The number of aryl methyl sites for hydroxylation is 3. The molecule has 1 amide bonds. The van der Waals surface area contributed by atoms with Gasteiger partial charge in [-0.3, -0.25) is 4.79 Å². The van der Waals surface area contributed by atoms with Gasteiger partial charge in [-0.1, -0.05) is 29.5 Å². The van der Waals surface area contributed by atoms with E-state index in [0.29, 0.717) is 5.56 Å². The van der Waals surface area contributed by atoms with E-state index in [2.05, 4.69) is 39.9 Å². The standard InChI is InChI=1S/C21H18N4O/c1-2-25-19-11-9-15(12-18(19)23-24-25)21(26)22-17-10-8-14-7-6-13-4-3-5-16(17)20(13)14/h3-5,8-12H,2,6-7H2,1H3,(H,22,26). The average molecular weight is 342 g/mol. The largest absolute Gasteiger partial charge is 0.321 e. The number of carbonyl (C=O) groups is 1. The van der Waals surface area contributed by atoms with E-state index >= 15 is 0 Å². The van der Waals surface area contributed by atoms with Gasteiger partial charge in [0.25, 0.3) is 5.91 Å². The summed E-state index contributed by atoms with van der Waals surface area (Å²) in [5.74, 6) is -0.128. The summed E-state index contributed by atoms with van der Waals surface area (Å²) in [7, 11) is 0. The lowest BCUT2D eigenvalue weighted by atomic mass is 10.0. The zero-order valence-electron chi connectivity index (χ0n) is 14.5. The van der Waals surface area contributed by atoms with Crippen molar-refractivity contribution >= 4 is 33.4 Å². The Labute approximate surface area is 150 Å². The van der Waals surface area contributed by atoms with E-state index in [4.69, 9.17) is 0 Å². The predicted octanol–water partition coefficient (Wildman–Crippen LogP) is 3.96. The molecule has 26 heavy (non-hydrogen) atoms. The molecule has 5 rings (SSSR count). The fraction of sp³-hybridized carbons (Fsp3) is 0.190. The van der Waals surface area contributed by atoms with E-state index in [0.717, 1.165) is 41.5 Å². The van der Waals surface area contributed by atoms with E-state index < -0.39 is 0 Å². The summed E-state index contributed by atoms with van der Waals surface area (Å²) in [5.41, 5.74) is 5.85. The minimum Gasteiger partial charge on any atom is -0.321 e. The fourth-order valence-electron chi connectivity index (χ4n) is 3.90. The third-order valence-corrected chi connectivity index (χ3v) is 5.20. The first kappa shape index (κ1) is 15.1. The van der Waals surface area contributed by atoms with Gasteiger partial charge in [0.1, 0.15) is 5.52 Å². The van der Waals surface area contributed by atoms with Gasteiger partial charge in [-0.15, -0.1) is 5.10 Å². The minimum absolute atomic E-state index is 0.128. The van der Waals surface area contributed by atoms with Crippen LogP contribution in [0.3, 0.4) is 0 Å². The summed E-state index contributed by atoms with van der Waals surface area (Å²) in [5, 5.41) is 13.7. The first-order chi connectivity index (χ1) is 12.7. The Bertz CT molecular complexity index is 1170. The highest BCUT2D eigenvalue weighted by Gasteiger charge is 2.17. The molecule has 1 aliphatic rings. The zero-order chi connectivity index (χ0) is 17.7. The minimum atomic E-state index is -0.128. The molecule has 4 aromatic rings. The molecule has 1 heterocycles. The molecular formula is C21H18N4O. The molecule has 0 aliphatic heterocycles.